The van der Waals surface area contributed by atoms with Crippen LogP contribution in [0.5, 0.6) is 11.5 Å². The first-order valence-corrected chi connectivity index (χ1v) is 23.1. The molecule has 18 nitrogen and oxygen atoms in total. The Labute approximate surface area is 386 Å². The summed E-state index contributed by atoms with van der Waals surface area (Å²) in [7, 11) is 5.95. The van der Waals surface area contributed by atoms with Crippen molar-refractivity contribution in [1.29, 1.82) is 0 Å². The number of hydrogen-bond acceptors (Lipinski definition) is 13. The molecular formula is C48H66N8O10. The SMILES string of the molecule is COCCOc1cc(-c2cnc([C@@H]3CCCN3C(=O)[C@@H](NC(=O)OC)C(C)C)[nH]2)ccc1-c1ccc(-c2cnc([C@@H]3CCCN3C(=O)[C@@H](NC(O)OC)C3CCCC3)[nH]2)cc1OCCOC. The summed E-state index contributed by atoms with van der Waals surface area (Å²) in [6.07, 6.45) is 8.79. The Morgan fingerprint density at radius 2 is 1.24 bits per heavy atom. The third kappa shape index (κ3) is 11.2. The third-order valence-electron chi connectivity index (χ3n) is 12.9. The maximum Gasteiger partial charge on any atom is 0.407 e. The minimum Gasteiger partial charge on any atom is -0.491 e. The number of nitrogens with one attached hydrogen (secondary N) is 4. The molecule has 18 heteroatoms. The number of amides is 3. The summed E-state index contributed by atoms with van der Waals surface area (Å²) in [5.41, 5.74) is 4.80. The number of aromatic amines is 2. The van der Waals surface area contributed by atoms with Crippen LogP contribution in [0.4, 0.5) is 4.79 Å². The lowest BCUT2D eigenvalue weighted by Gasteiger charge is -2.32. The molecule has 5 atom stereocenters. The lowest BCUT2D eigenvalue weighted by Crippen LogP contribution is -2.53. The van der Waals surface area contributed by atoms with Crippen molar-refractivity contribution in [3.63, 3.8) is 0 Å². The maximum absolute atomic E-state index is 14.1. The summed E-state index contributed by atoms with van der Waals surface area (Å²) in [6.45, 7) is 6.30. The van der Waals surface area contributed by atoms with Crippen molar-refractivity contribution in [2.45, 2.75) is 95.8 Å². The van der Waals surface area contributed by atoms with Crippen LogP contribution in [0.25, 0.3) is 33.6 Å². The molecule has 3 amide bonds. The number of aliphatic hydroxyl groups is 1. The van der Waals surface area contributed by atoms with Gasteiger partial charge in [-0.15, -0.1) is 0 Å². The minimum absolute atomic E-state index is 0.0438. The highest BCUT2D eigenvalue weighted by molar-refractivity contribution is 5.87. The molecule has 2 saturated heterocycles. The molecule has 0 radical (unpaired) electrons. The van der Waals surface area contributed by atoms with Crippen molar-refractivity contribution in [1.82, 2.24) is 40.4 Å². The van der Waals surface area contributed by atoms with Crippen molar-refractivity contribution in [3.05, 3.63) is 60.4 Å². The molecule has 4 heterocycles. The van der Waals surface area contributed by atoms with Gasteiger partial charge in [0.25, 0.3) is 0 Å². The van der Waals surface area contributed by atoms with Crippen molar-refractivity contribution in [2.75, 3.05) is 68.0 Å². The Morgan fingerprint density at radius 3 is 1.71 bits per heavy atom. The van der Waals surface area contributed by atoms with Gasteiger partial charge in [-0.2, -0.15) is 0 Å². The van der Waals surface area contributed by atoms with E-state index in [4.69, 9.17) is 38.4 Å². The maximum atomic E-state index is 14.1. The van der Waals surface area contributed by atoms with Gasteiger partial charge in [0.05, 0.1) is 62.2 Å². The molecule has 358 valence electrons. The van der Waals surface area contributed by atoms with Crippen LogP contribution in [-0.4, -0.2) is 139 Å². The number of methoxy groups -OCH3 is 4. The summed E-state index contributed by atoms with van der Waals surface area (Å²) in [6, 6.07) is 10.1. The number of aliphatic hydroxyl groups excluding tert-OH is 1. The number of alkyl carbamates (subject to hydrolysis) is 1. The lowest BCUT2D eigenvalue weighted by atomic mass is 9.96. The summed E-state index contributed by atoms with van der Waals surface area (Å²) < 4.78 is 33.4. The fourth-order valence-corrected chi connectivity index (χ4v) is 9.45. The van der Waals surface area contributed by atoms with Crippen LogP contribution in [0, 0.1) is 11.8 Å². The average molecular weight is 915 g/mol. The average Bonchev–Trinajstić information content (AvgIpc) is 4.19. The van der Waals surface area contributed by atoms with Crippen LogP contribution in [0.1, 0.15) is 88.9 Å². The van der Waals surface area contributed by atoms with Crippen molar-refractivity contribution in [3.8, 4) is 45.1 Å². The zero-order valence-electron chi connectivity index (χ0n) is 39.0. The number of benzene rings is 2. The summed E-state index contributed by atoms with van der Waals surface area (Å²) in [4.78, 5) is 60.2. The second-order valence-electron chi connectivity index (χ2n) is 17.5. The van der Waals surface area contributed by atoms with E-state index in [1.807, 2.05) is 55.1 Å². The number of imidazole rings is 2. The highest BCUT2D eigenvalue weighted by atomic mass is 16.6. The van der Waals surface area contributed by atoms with Gasteiger partial charge in [-0.3, -0.25) is 14.9 Å². The van der Waals surface area contributed by atoms with Gasteiger partial charge >= 0.3 is 6.09 Å². The number of carbonyl (C=O) groups is 3. The molecule has 2 aromatic carbocycles. The normalized spacial score (nSPS) is 19.0. The van der Waals surface area contributed by atoms with Gasteiger partial charge in [0.1, 0.15) is 42.4 Å². The molecule has 1 unspecified atom stereocenters. The minimum atomic E-state index is -1.23. The van der Waals surface area contributed by atoms with E-state index in [-0.39, 0.29) is 35.7 Å². The Morgan fingerprint density at radius 1 is 0.727 bits per heavy atom. The Kier molecular flexibility index (Phi) is 16.7. The number of H-pyrrole nitrogens is 2. The lowest BCUT2D eigenvalue weighted by molar-refractivity contribution is -0.145. The van der Waals surface area contributed by atoms with E-state index >= 15 is 0 Å². The fourth-order valence-electron chi connectivity index (χ4n) is 9.45. The molecule has 4 aromatic rings. The third-order valence-corrected chi connectivity index (χ3v) is 12.9. The summed E-state index contributed by atoms with van der Waals surface area (Å²) in [5, 5.41) is 16.1. The van der Waals surface area contributed by atoms with Gasteiger partial charge in [-0.05, 0) is 74.6 Å². The van der Waals surface area contributed by atoms with E-state index < -0.39 is 24.6 Å². The largest absolute Gasteiger partial charge is 0.491 e. The van der Waals surface area contributed by atoms with Gasteiger partial charge in [-0.1, -0.05) is 38.8 Å². The van der Waals surface area contributed by atoms with E-state index in [0.29, 0.717) is 62.7 Å². The second kappa shape index (κ2) is 22.8. The molecule has 0 bridgehead atoms. The smallest absolute Gasteiger partial charge is 0.407 e. The molecule has 7 rings (SSSR count). The Hall–Kier alpha value is -5.53. The van der Waals surface area contributed by atoms with Gasteiger partial charge < -0.3 is 58.6 Å². The first-order valence-electron chi connectivity index (χ1n) is 23.1. The van der Waals surface area contributed by atoms with Crippen LogP contribution >= 0.6 is 0 Å². The monoisotopic (exact) mass is 914 g/mol. The molecule has 3 fully saturated rings. The van der Waals surface area contributed by atoms with E-state index in [1.165, 1.54) is 14.2 Å². The molecule has 2 aliphatic heterocycles. The molecule has 2 aromatic heterocycles. The highest BCUT2D eigenvalue weighted by Crippen LogP contribution is 2.42. The number of aromatic nitrogens is 4. The number of likely N-dealkylation sites (tertiary alicyclic amines) is 2. The van der Waals surface area contributed by atoms with Crippen molar-refractivity contribution >= 4 is 17.9 Å². The molecule has 1 saturated carbocycles. The predicted molar refractivity (Wildman–Crippen MR) is 245 cm³/mol. The van der Waals surface area contributed by atoms with E-state index in [2.05, 4.69) is 20.6 Å². The molecule has 1 aliphatic carbocycles. The molecular weight excluding hydrogens is 849 g/mol. The Balaban J connectivity index is 1.15. The number of ether oxygens (including phenoxy) is 6. The Bertz CT molecular complexity index is 2240. The predicted octanol–water partition coefficient (Wildman–Crippen LogP) is 5.96. The zero-order valence-corrected chi connectivity index (χ0v) is 39.0. The molecule has 66 heavy (non-hydrogen) atoms. The van der Waals surface area contributed by atoms with Crippen LogP contribution in [0.3, 0.4) is 0 Å². The van der Waals surface area contributed by atoms with Crippen LogP contribution in [0.15, 0.2) is 48.8 Å². The first-order chi connectivity index (χ1) is 32.0. The standard InChI is InChI=1S/C48H66N8O10/c1-29(2)41(53-47(59)63-5)45(57)55-19-9-13-37(55)43-49-27-35(51-43)31-15-17-33(39(25-31)65-23-21-61-3)34-18-16-32(26-40(34)66-24-22-62-4)36-28-50-44(52-36)38-14-10-20-56(38)46(58)42(54-48(60)64-6)30-11-7-8-12-30/h15-18,25-30,37-38,41-42,48,54,60H,7-14,19-24H2,1-6H3,(H,49,51)(H,50,52)(H,53,59)/t37-,38-,41-,42-,48?/m0/s1. The van der Waals surface area contributed by atoms with Crippen LogP contribution in [-0.2, 0) is 28.5 Å². The quantitative estimate of drug-likeness (QED) is 0.0483. The van der Waals surface area contributed by atoms with E-state index in [9.17, 15) is 19.5 Å². The van der Waals surface area contributed by atoms with Gasteiger partial charge in [0.15, 0.2) is 0 Å². The molecule has 3 aliphatic rings. The highest BCUT2D eigenvalue weighted by Gasteiger charge is 2.41. The number of rotatable bonds is 21. The molecule has 5 N–H and O–H groups in total. The van der Waals surface area contributed by atoms with E-state index in [1.54, 1.807) is 31.5 Å². The van der Waals surface area contributed by atoms with Gasteiger partial charge in [0, 0.05) is 56.7 Å². The number of hydrogen-bond donors (Lipinski definition) is 5. The van der Waals surface area contributed by atoms with Crippen molar-refractivity contribution < 1.29 is 47.9 Å². The van der Waals surface area contributed by atoms with Gasteiger partial charge in [-0.25, -0.2) is 14.8 Å². The fraction of sp³-hybridized carbons (Fsp3) is 0.562. The van der Waals surface area contributed by atoms with Crippen LogP contribution < -0.4 is 20.1 Å². The topological polar surface area (TPSA) is 215 Å². The van der Waals surface area contributed by atoms with Crippen LogP contribution in [0.2, 0.25) is 0 Å². The summed E-state index contributed by atoms with van der Waals surface area (Å²) >= 11 is 0. The van der Waals surface area contributed by atoms with Crippen molar-refractivity contribution in [2.24, 2.45) is 11.8 Å². The zero-order chi connectivity index (χ0) is 46.7. The molecule has 0 spiro atoms. The van der Waals surface area contributed by atoms with E-state index in [0.717, 1.165) is 85.0 Å². The summed E-state index contributed by atoms with van der Waals surface area (Å²) in [5.74, 6) is 2.34. The second-order valence-corrected chi connectivity index (χ2v) is 17.5. The first kappa shape index (κ1) is 48.4. The van der Waals surface area contributed by atoms with Gasteiger partial charge in [0.2, 0.25) is 18.2 Å². The number of nitrogens with zero attached hydrogens (tertiary/aromatic N) is 4. The number of carbonyl (C=O) groups excluding carboxylic acids is 3.